The van der Waals surface area contributed by atoms with E-state index in [9.17, 15) is 4.79 Å². The molecule has 0 aromatic heterocycles. The maximum Gasteiger partial charge on any atom is 0.257 e. The van der Waals surface area contributed by atoms with Gasteiger partial charge >= 0.3 is 0 Å². The fourth-order valence-corrected chi connectivity index (χ4v) is 3.03. The van der Waals surface area contributed by atoms with Crippen LogP contribution in [0.1, 0.15) is 47.3 Å². The molecule has 4 nitrogen and oxygen atoms in total. The molecule has 0 bridgehead atoms. The second-order valence-corrected chi connectivity index (χ2v) is 7.65. The summed E-state index contributed by atoms with van der Waals surface area (Å²) in [5.74, 6) is 1.00. The Hall–Kier alpha value is -2.40. The number of hydrogen-bond acceptors (Lipinski definition) is 3. The molecule has 5 heteroatoms. The molecule has 2 rings (SSSR count). The summed E-state index contributed by atoms with van der Waals surface area (Å²) in [5.41, 5.74) is 4.81. The van der Waals surface area contributed by atoms with Crippen molar-refractivity contribution in [2.45, 2.75) is 41.0 Å². The number of benzene rings is 2. The minimum absolute atomic E-state index is 0.260. The van der Waals surface area contributed by atoms with E-state index in [0.717, 1.165) is 23.2 Å². The molecule has 2 N–H and O–H groups in total. The first-order valence-electron chi connectivity index (χ1n) is 9.19. The minimum Gasteiger partial charge on any atom is -0.494 e. The van der Waals surface area contributed by atoms with Crippen LogP contribution in [0.2, 0.25) is 0 Å². The second-order valence-electron chi connectivity index (χ2n) is 7.24. The molecule has 0 aliphatic rings. The molecule has 1 amide bonds. The lowest BCUT2D eigenvalue weighted by molar-refractivity contribution is 0.0977. The van der Waals surface area contributed by atoms with Crippen LogP contribution in [0.5, 0.6) is 5.75 Å². The molecule has 0 radical (unpaired) electrons. The van der Waals surface area contributed by atoms with Gasteiger partial charge in [-0.3, -0.25) is 10.1 Å². The van der Waals surface area contributed by atoms with E-state index in [0.29, 0.717) is 23.8 Å². The molecule has 0 aliphatic carbocycles. The van der Waals surface area contributed by atoms with Crippen molar-refractivity contribution in [3.63, 3.8) is 0 Å². The number of nitrogens with one attached hydrogen (secondary N) is 2. The van der Waals surface area contributed by atoms with Crippen LogP contribution in [-0.4, -0.2) is 17.6 Å². The monoisotopic (exact) mass is 384 g/mol. The Morgan fingerprint density at radius 1 is 1.11 bits per heavy atom. The molecule has 2 aromatic carbocycles. The quantitative estimate of drug-likeness (QED) is 0.675. The predicted molar refractivity (Wildman–Crippen MR) is 116 cm³/mol. The Morgan fingerprint density at radius 3 is 2.41 bits per heavy atom. The zero-order valence-corrected chi connectivity index (χ0v) is 17.5. The average molecular weight is 385 g/mol. The summed E-state index contributed by atoms with van der Waals surface area (Å²) < 4.78 is 5.72. The number of thiocarbonyl (C=S) groups is 1. The Balaban J connectivity index is 1.99. The van der Waals surface area contributed by atoms with Gasteiger partial charge in [0.05, 0.1) is 6.61 Å². The first-order chi connectivity index (χ1) is 12.8. The van der Waals surface area contributed by atoms with Gasteiger partial charge in [-0.2, -0.15) is 0 Å². The summed E-state index contributed by atoms with van der Waals surface area (Å²) in [5, 5.41) is 6.16. The van der Waals surface area contributed by atoms with E-state index in [4.69, 9.17) is 17.0 Å². The molecule has 0 spiro atoms. The van der Waals surface area contributed by atoms with Gasteiger partial charge in [0.25, 0.3) is 5.91 Å². The lowest BCUT2D eigenvalue weighted by atomic mass is 10.1. The van der Waals surface area contributed by atoms with Gasteiger partial charge in [-0.05, 0) is 74.7 Å². The van der Waals surface area contributed by atoms with Crippen molar-refractivity contribution in [1.29, 1.82) is 0 Å². The van der Waals surface area contributed by atoms with Crippen molar-refractivity contribution in [3.05, 3.63) is 58.7 Å². The van der Waals surface area contributed by atoms with E-state index in [1.54, 1.807) is 12.1 Å². The maximum absolute atomic E-state index is 12.5. The molecule has 0 aliphatic heterocycles. The number of hydrogen-bond donors (Lipinski definition) is 2. The summed E-state index contributed by atoms with van der Waals surface area (Å²) in [6.07, 6.45) is 0.972. The van der Waals surface area contributed by atoms with Gasteiger partial charge in [-0.15, -0.1) is 0 Å². The van der Waals surface area contributed by atoms with Crippen molar-refractivity contribution >= 4 is 28.9 Å². The number of aryl methyl sites for hydroxylation is 3. The molecule has 0 unspecified atom stereocenters. The summed E-state index contributed by atoms with van der Waals surface area (Å²) in [4.78, 5) is 12.5. The fourth-order valence-electron chi connectivity index (χ4n) is 2.84. The van der Waals surface area contributed by atoms with E-state index in [1.807, 2.05) is 26.0 Å². The van der Waals surface area contributed by atoms with Gasteiger partial charge in [-0.25, -0.2) is 0 Å². The number of carbonyl (C=O) groups is 1. The molecular formula is C22H28N2O2S. The highest BCUT2D eigenvalue weighted by Crippen LogP contribution is 2.22. The van der Waals surface area contributed by atoms with Gasteiger partial charge in [0, 0.05) is 11.3 Å². The molecule has 27 heavy (non-hydrogen) atoms. The smallest absolute Gasteiger partial charge is 0.257 e. The van der Waals surface area contributed by atoms with Gasteiger partial charge in [0.15, 0.2) is 5.11 Å². The molecular weight excluding hydrogens is 356 g/mol. The molecule has 0 heterocycles. The van der Waals surface area contributed by atoms with E-state index < -0.39 is 0 Å². The molecule has 0 saturated heterocycles. The molecule has 0 saturated carbocycles. The lowest BCUT2D eigenvalue weighted by Gasteiger charge is -2.15. The number of ether oxygens (including phenoxy) is 1. The van der Waals surface area contributed by atoms with Crippen molar-refractivity contribution < 1.29 is 9.53 Å². The van der Waals surface area contributed by atoms with Crippen LogP contribution in [-0.2, 0) is 0 Å². The van der Waals surface area contributed by atoms with E-state index in [-0.39, 0.29) is 11.0 Å². The van der Waals surface area contributed by atoms with Crippen molar-refractivity contribution in [2.75, 3.05) is 11.9 Å². The van der Waals surface area contributed by atoms with E-state index in [2.05, 4.69) is 43.5 Å². The summed E-state index contributed by atoms with van der Waals surface area (Å²) in [7, 11) is 0. The Morgan fingerprint density at radius 2 is 1.78 bits per heavy atom. The van der Waals surface area contributed by atoms with Gasteiger partial charge in [0.1, 0.15) is 5.75 Å². The van der Waals surface area contributed by atoms with Gasteiger partial charge in [0.2, 0.25) is 0 Å². The SMILES string of the molecule is Cc1cc(C)c(NC(=S)NC(=O)c2cccc(OCCC(C)C)c2)c(C)c1. The molecule has 0 atom stereocenters. The molecule has 2 aromatic rings. The third-order valence-electron chi connectivity index (χ3n) is 4.20. The minimum atomic E-state index is -0.260. The van der Waals surface area contributed by atoms with E-state index >= 15 is 0 Å². The van der Waals surface area contributed by atoms with Crippen molar-refractivity contribution in [1.82, 2.24) is 5.32 Å². The summed E-state index contributed by atoms with van der Waals surface area (Å²) >= 11 is 5.32. The highest BCUT2D eigenvalue weighted by Gasteiger charge is 2.11. The molecule has 144 valence electrons. The van der Waals surface area contributed by atoms with Crippen LogP contribution < -0.4 is 15.4 Å². The summed E-state index contributed by atoms with van der Waals surface area (Å²) in [6, 6.07) is 11.3. The number of anilines is 1. The highest BCUT2D eigenvalue weighted by atomic mass is 32.1. The zero-order chi connectivity index (χ0) is 20.0. The third kappa shape index (κ3) is 6.36. The van der Waals surface area contributed by atoms with Crippen LogP contribution >= 0.6 is 12.2 Å². The number of carbonyl (C=O) groups excluding carboxylic acids is 1. The molecule has 0 fully saturated rings. The number of amides is 1. The first-order valence-corrected chi connectivity index (χ1v) is 9.60. The van der Waals surface area contributed by atoms with Crippen LogP contribution in [0.25, 0.3) is 0 Å². The second kappa shape index (κ2) is 9.51. The van der Waals surface area contributed by atoms with Gasteiger partial charge < -0.3 is 10.1 Å². The van der Waals surface area contributed by atoms with E-state index in [1.165, 1.54) is 5.56 Å². The topological polar surface area (TPSA) is 50.4 Å². The highest BCUT2D eigenvalue weighted by molar-refractivity contribution is 7.80. The predicted octanol–water partition coefficient (Wildman–Crippen LogP) is 5.16. The largest absolute Gasteiger partial charge is 0.494 e. The summed E-state index contributed by atoms with van der Waals surface area (Å²) in [6.45, 7) is 11.0. The van der Waals surface area contributed by atoms with Crippen LogP contribution in [0.3, 0.4) is 0 Å². The van der Waals surface area contributed by atoms with Crippen LogP contribution in [0, 0.1) is 26.7 Å². The third-order valence-corrected chi connectivity index (χ3v) is 4.41. The average Bonchev–Trinajstić information content (AvgIpc) is 2.58. The Bertz CT molecular complexity index is 808. The Kier molecular flexibility index (Phi) is 7.36. The first kappa shape index (κ1) is 20.9. The van der Waals surface area contributed by atoms with Crippen LogP contribution in [0.4, 0.5) is 5.69 Å². The lowest BCUT2D eigenvalue weighted by Crippen LogP contribution is -2.34. The van der Waals surface area contributed by atoms with Crippen molar-refractivity contribution in [2.24, 2.45) is 5.92 Å². The fraction of sp³-hybridized carbons (Fsp3) is 0.364. The van der Waals surface area contributed by atoms with Crippen LogP contribution in [0.15, 0.2) is 36.4 Å². The van der Waals surface area contributed by atoms with Crippen molar-refractivity contribution in [3.8, 4) is 5.75 Å². The van der Waals surface area contributed by atoms with Gasteiger partial charge in [-0.1, -0.05) is 37.6 Å². The standard InChI is InChI=1S/C22H28N2O2S/c1-14(2)9-10-26-19-8-6-7-18(13-19)21(25)24-22(27)23-20-16(4)11-15(3)12-17(20)5/h6-8,11-14H,9-10H2,1-5H3,(H2,23,24,25,27). The Labute approximate surface area is 167 Å². The number of rotatable bonds is 6. The zero-order valence-electron chi connectivity index (χ0n) is 16.7. The normalized spacial score (nSPS) is 10.6. The maximum atomic E-state index is 12.5.